The highest BCUT2D eigenvalue weighted by atomic mass is 16.5. The van der Waals surface area contributed by atoms with E-state index in [4.69, 9.17) is 10.5 Å². The van der Waals surface area contributed by atoms with Crippen LogP contribution in [0.2, 0.25) is 0 Å². The molecule has 0 unspecified atom stereocenters. The van der Waals surface area contributed by atoms with Crippen LogP contribution >= 0.6 is 0 Å². The minimum Gasteiger partial charge on any atom is -0.504 e. The molecule has 0 spiro atoms. The highest BCUT2D eigenvalue weighted by Gasteiger charge is 2.15. The lowest BCUT2D eigenvalue weighted by molar-refractivity contribution is 0.373. The molecule has 0 radical (unpaired) electrons. The number of pyridine rings is 1. The first-order valence-electron chi connectivity index (χ1n) is 8.26. The Bertz CT molecular complexity index is 1200. The van der Waals surface area contributed by atoms with Crippen LogP contribution in [0.15, 0.2) is 54.7 Å². The van der Waals surface area contributed by atoms with Gasteiger partial charge in [0.25, 0.3) is 0 Å². The molecule has 4 rings (SSSR count). The Morgan fingerprint density at radius 3 is 2.70 bits per heavy atom. The summed E-state index contributed by atoms with van der Waals surface area (Å²) >= 11 is 0. The molecule has 6 nitrogen and oxygen atoms in total. The zero-order valence-electron chi connectivity index (χ0n) is 14.5. The summed E-state index contributed by atoms with van der Waals surface area (Å²) in [5, 5.41) is 20.4. The van der Waals surface area contributed by atoms with Crippen LogP contribution in [0.25, 0.3) is 33.3 Å². The van der Waals surface area contributed by atoms with Crippen LogP contribution in [0.1, 0.15) is 5.56 Å². The van der Waals surface area contributed by atoms with Crippen LogP contribution in [-0.4, -0.2) is 22.2 Å². The lowest BCUT2D eigenvalue weighted by atomic mass is 9.97. The van der Waals surface area contributed by atoms with E-state index < -0.39 is 0 Å². The standard InChI is InChI=1S/C21H16N4O2/c1-27-20-9-13(3-5-19(20)26)18-10-15(16(11-22)21(23)25-18)12-2-4-17-14(8-12)6-7-24-17/h2-10,24,26H,1H3,(H2,23,25). The van der Waals surface area contributed by atoms with Crippen LogP contribution in [0.5, 0.6) is 11.5 Å². The van der Waals surface area contributed by atoms with Gasteiger partial charge in [-0.25, -0.2) is 4.98 Å². The molecule has 0 aliphatic carbocycles. The van der Waals surface area contributed by atoms with Crippen molar-refractivity contribution in [2.45, 2.75) is 0 Å². The second kappa shape index (κ2) is 6.39. The summed E-state index contributed by atoms with van der Waals surface area (Å²) in [6, 6.07) is 16.8. The predicted octanol–water partition coefficient (Wildman–Crippen LogP) is 4.06. The van der Waals surface area contributed by atoms with Crippen molar-refractivity contribution in [1.82, 2.24) is 9.97 Å². The second-order valence-electron chi connectivity index (χ2n) is 6.09. The number of phenolic OH excluding ortho intramolecular Hbond substituents is 1. The van der Waals surface area contributed by atoms with E-state index in [-0.39, 0.29) is 11.6 Å². The van der Waals surface area contributed by atoms with Gasteiger partial charge in [-0.1, -0.05) is 6.07 Å². The maximum atomic E-state index is 9.82. The fraction of sp³-hybridized carbons (Fsp3) is 0.0476. The van der Waals surface area contributed by atoms with Gasteiger partial charge in [-0.15, -0.1) is 0 Å². The van der Waals surface area contributed by atoms with Gasteiger partial charge < -0.3 is 20.6 Å². The summed E-state index contributed by atoms with van der Waals surface area (Å²) in [7, 11) is 1.48. The number of aromatic nitrogens is 2. The Morgan fingerprint density at radius 1 is 1.11 bits per heavy atom. The van der Waals surface area contributed by atoms with Crippen LogP contribution in [0, 0.1) is 11.3 Å². The van der Waals surface area contributed by atoms with Crippen molar-refractivity contribution in [1.29, 1.82) is 5.26 Å². The number of nitrogens with zero attached hydrogens (tertiary/aromatic N) is 2. The first-order chi connectivity index (χ1) is 13.1. The Balaban J connectivity index is 1.92. The van der Waals surface area contributed by atoms with Crippen LogP contribution in [0.3, 0.4) is 0 Å². The smallest absolute Gasteiger partial charge is 0.161 e. The van der Waals surface area contributed by atoms with Crippen molar-refractivity contribution in [2.24, 2.45) is 0 Å². The van der Waals surface area contributed by atoms with Crippen molar-refractivity contribution in [2.75, 3.05) is 12.8 Å². The minimum absolute atomic E-state index is 0.0426. The lowest BCUT2D eigenvalue weighted by Crippen LogP contribution is -2.00. The number of nitrogen functional groups attached to an aromatic ring is 1. The zero-order chi connectivity index (χ0) is 19.0. The molecule has 4 N–H and O–H groups in total. The molecule has 0 saturated carbocycles. The third kappa shape index (κ3) is 2.81. The summed E-state index contributed by atoms with van der Waals surface area (Å²) in [5.74, 6) is 0.541. The Hall–Kier alpha value is -3.98. The van der Waals surface area contributed by atoms with E-state index in [2.05, 4.69) is 16.0 Å². The number of rotatable bonds is 3. The fourth-order valence-corrected chi connectivity index (χ4v) is 3.12. The number of aromatic hydroxyl groups is 1. The first-order valence-corrected chi connectivity index (χ1v) is 8.26. The van der Waals surface area contributed by atoms with E-state index in [0.717, 1.165) is 22.0 Å². The number of anilines is 1. The number of nitrogens with one attached hydrogen (secondary N) is 1. The first kappa shape index (κ1) is 16.5. The largest absolute Gasteiger partial charge is 0.504 e. The maximum absolute atomic E-state index is 9.82. The van der Waals surface area contributed by atoms with E-state index in [1.165, 1.54) is 13.2 Å². The number of fused-ring (bicyclic) bond motifs is 1. The van der Waals surface area contributed by atoms with E-state index >= 15 is 0 Å². The third-order valence-corrected chi connectivity index (χ3v) is 4.50. The number of phenols is 1. The Labute approximate surface area is 155 Å². The quantitative estimate of drug-likeness (QED) is 0.513. The van der Waals surface area contributed by atoms with E-state index in [1.54, 1.807) is 12.1 Å². The summed E-state index contributed by atoms with van der Waals surface area (Å²) < 4.78 is 5.17. The predicted molar refractivity (Wildman–Crippen MR) is 104 cm³/mol. The van der Waals surface area contributed by atoms with Gasteiger partial charge in [-0.3, -0.25) is 0 Å². The van der Waals surface area contributed by atoms with Gasteiger partial charge in [0.05, 0.1) is 12.8 Å². The van der Waals surface area contributed by atoms with E-state index in [1.807, 2.05) is 36.5 Å². The Kier molecular flexibility index (Phi) is 3.90. The van der Waals surface area contributed by atoms with Crippen LogP contribution < -0.4 is 10.5 Å². The van der Waals surface area contributed by atoms with Gasteiger partial charge in [0, 0.05) is 22.8 Å². The van der Waals surface area contributed by atoms with Gasteiger partial charge in [-0.2, -0.15) is 5.26 Å². The normalized spacial score (nSPS) is 10.7. The fourth-order valence-electron chi connectivity index (χ4n) is 3.12. The second-order valence-corrected chi connectivity index (χ2v) is 6.09. The number of aromatic amines is 1. The topological polar surface area (TPSA) is 108 Å². The van der Waals surface area contributed by atoms with Gasteiger partial charge in [0.1, 0.15) is 17.5 Å². The Morgan fingerprint density at radius 2 is 1.93 bits per heavy atom. The highest BCUT2D eigenvalue weighted by molar-refractivity contribution is 5.88. The average Bonchev–Trinajstić information content (AvgIpc) is 3.15. The molecule has 0 amide bonds. The molecule has 27 heavy (non-hydrogen) atoms. The monoisotopic (exact) mass is 356 g/mol. The summed E-state index contributed by atoms with van der Waals surface area (Å²) in [6.07, 6.45) is 1.87. The summed E-state index contributed by atoms with van der Waals surface area (Å²) in [6.45, 7) is 0. The number of methoxy groups -OCH3 is 1. The molecule has 0 fully saturated rings. The van der Waals surface area contributed by atoms with Crippen molar-refractivity contribution >= 4 is 16.7 Å². The van der Waals surface area contributed by atoms with Crippen molar-refractivity contribution in [3.05, 3.63) is 60.3 Å². The molecule has 0 aliphatic rings. The van der Waals surface area contributed by atoms with E-state index in [9.17, 15) is 10.4 Å². The maximum Gasteiger partial charge on any atom is 0.161 e. The molecule has 4 aromatic rings. The lowest BCUT2D eigenvalue weighted by Gasteiger charge is -2.12. The minimum atomic E-state index is 0.0426. The molecular weight excluding hydrogens is 340 g/mol. The molecule has 2 aromatic heterocycles. The number of hydrogen-bond acceptors (Lipinski definition) is 5. The highest BCUT2D eigenvalue weighted by Crippen LogP contribution is 2.35. The van der Waals surface area contributed by atoms with Gasteiger partial charge in [-0.05, 0) is 53.4 Å². The van der Waals surface area contributed by atoms with Crippen molar-refractivity contribution in [3.63, 3.8) is 0 Å². The number of ether oxygens (including phenoxy) is 1. The number of nitrogens with two attached hydrogens (primary N) is 1. The number of H-pyrrole nitrogens is 1. The molecule has 2 aromatic carbocycles. The van der Waals surface area contributed by atoms with Gasteiger partial charge in [0.2, 0.25) is 0 Å². The summed E-state index contributed by atoms with van der Waals surface area (Å²) in [4.78, 5) is 7.52. The number of nitriles is 1. The molecule has 0 bridgehead atoms. The van der Waals surface area contributed by atoms with Crippen LogP contribution in [-0.2, 0) is 0 Å². The zero-order valence-corrected chi connectivity index (χ0v) is 14.5. The van der Waals surface area contributed by atoms with Gasteiger partial charge in [0.15, 0.2) is 11.5 Å². The van der Waals surface area contributed by atoms with Gasteiger partial charge >= 0.3 is 0 Å². The van der Waals surface area contributed by atoms with Crippen LogP contribution in [0.4, 0.5) is 5.82 Å². The molecule has 0 aliphatic heterocycles. The SMILES string of the molecule is COc1cc(-c2cc(-c3ccc4[nH]ccc4c3)c(C#N)c(N)n2)ccc1O. The summed E-state index contributed by atoms with van der Waals surface area (Å²) in [5.41, 5.74) is 10.3. The molecule has 6 heteroatoms. The number of benzene rings is 2. The number of hydrogen-bond donors (Lipinski definition) is 3. The van der Waals surface area contributed by atoms with Crippen molar-refractivity contribution in [3.8, 4) is 40.0 Å². The average molecular weight is 356 g/mol. The van der Waals surface area contributed by atoms with Crippen molar-refractivity contribution < 1.29 is 9.84 Å². The molecular formula is C21H16N4O2. The molecule has 2 heterocycles. The molecule has 132 valence electrons. The molecule has 0 atom stereocenters. The third-order valence-electron chi connectivity index (χ3n) is 4.50. The molecule has 0 saturated heterocycles. The van der Waals surface area contributed by atoms with E-state index in [0.29, 0.717) is 22.6 Å².